The van der Waals surface area contributed by atoms with E-state index in [0.717, 1.165) is 27.8 Å². The van der Waals surface area contributed by atoms with Crippen molar-refractivity contribution in [2.24, 2.45) is 0 Å². The molecule has 1 N–H and O–H groups in total. The summed E-state index contributed by atoms with van der Waals surface area (Å²) >= 11 is 1.62. The van der Waals surface area contributed by atoms with Gasteiger partial charge in [-0.15, -0.1) is 0 Å². The molecule has 0 atom stereocenters. The third-order valence-electron chi connectivity index (χ3n) is 3.15. The van der Waals surface area contributed by atoms with Crippen LogP contribution in [-0.4, -0.2) is 12.1 Å². The van der Waals surface area contributed by atoms with Crippen molar-refractivity contribution >= 4 is 33.9 Å². The number of nitriles is 1. The second-order valence-electron chi connectivity index (χ2n) is 4.34. The molecule has 0 aliphatic heterocycles. The summed E-state index contributed by atoms with van der Waals surface area (Å²) in [6, 6.07) is 10.1. The lowest BCUT2D eigenvalue weighted by Gasteiger charge is -2.01. The van der Waals surface area contributed by atoms with Gasteiger partial charge in [-0.1, -0.05) is 0 Å². The highest BCUT2D eigenvalue weighted by molar-refractivity contribution is 7.08. The molecule has 0 radical (unpaired) electrons. The van der Waals surface area contributed by atoms with Crippen molar-refractivity contribution < 1.29 is 4.74 Å². The molecule has 4 heteroatoms. The van der Waals surface area contributed by atoms with Gasteiger partial charge in [0, 0.05) is 22.7 Å². The number of H-pyrrole nitrogens is 1. The van der Waals surface area contributed by atoms with E-state index in [-0.39, 0.29) is 0 Å². The van der Waals surface area contributed by atoms with E-state index in [1.165, 1.54) is 0 Å². The number of aromatic nitrogens is 1. The molecule has 0 unspecified atom stereocenters. The first-order chi connectivity index (χ1) is 9.81. The number of hydrogen-bond acceptors (Lipinski definition) is 3. The number of thiophene rings is 1. The Kier molecular flexibility index (Phi) is 3.28. The maximum absolute atomic E-state index is 9.42. The fraction of sp³-hybridized carbons (Fsp3) is 0.0625. The maximum Gasteiger partial charge on any atom is 0.119 e. The van der Waals surface area contributed by atoms with Gasteiger partial charge in [-0.25, -0.2) is 0 Å². The summed E-state index contributed by atoms with van der Waals surface area (Å²) in [5.74, 6) is 0.783. The van der Waals surface area contributed by atoms with Gasteiger partial charge in [0.15, 0.2) is 0 Å². The molecule has 2 heterocycles. The summed E-state index contributed by atoms with van der Waals surface area (Å²) in [5, 5.41) is 14.4. The fourth-order valence-corrected chi connectivity index (χ4v) is 2.76. The Morgan fingerprint density at radius 1 is 1.40 bits per heavy atom. The Hall–Kier alpha value is -2.51. The first-order valence-electron chi connectivity index (χ1n) is 6.11. The fourth-order valence-electron chi connectivity index (χ4n) is 2.14. The number of rotatable bonds is 3. The van der Waals surface area contributed by atoms with Crippen molar-refractivity contribution in [1.29, 1.82) is 5.26 Å². The molecule has 0 amide bonds. The molecule has 2 aromatic heterocycles. The van der Waals surface area contributed by atoms with Crippen molar-refractivity contribution in [2.45, 2.75) is 0 Å². The largest absolute Gasteiger partial charge is 0.497 e. The number of nitrogens with zero attached hydrogens (tertiary/aromatic N) is 1. The topological polar surface area (TPSA) is 48.8 Å². The quantitative estimate of drug-likeness (QED) is 0.727. The minimum atomic E-state index is 0.642. The van der Waals surface area contributed by atoms with E-state index < -0.39 is 0 Å². The summed E-state index contributed by atoms with van der Waals surface area (Å²) in [7, 11) is 1.64. The van der Waals surface area contributed by atoms with Gasteiger partial charge in [-0.3, -0.25) is 0 Å². The molecule has 3 rings (SSSR count). The SMILES string of the molecule is COc1ccc2[nH]cc(C(C#N)=Cc3ccsc3)c2c1. The number of benzene rings is 1. The molecular formula is C16H12N2OS. The van der Waals surface area contributed by atoms with Crippen LogP contribution < -0.4 is 4.74 Å². The molecule has 20 heavy (non-hydrogen) atoms. The molecule has 3 aromatic rings. The smallest absolute Gasteiger partial charge is 0.119 e. The van der Waals surface area contributed by atoms with E-state index in [1.807, 2.05) is 47.3 Å². The number of fused-ring (bicyclic) bond motifs is 1. The minimum Gasteiger partial charge on any atom is -0.497 e. The standard InChI is InChI=1S/C16H12N2OS/c1-19-13-2-3-16-14(7-13)15(9-18-16)12(8-17)6-11-4-5-20-10-11/h2-7,9-10,18H,1H3. The normalized spacial score (nSPS) is 11.5. The number of allylic oxidation sites excluding steroid dienone is 1. The molecule has 0 saturated heterocycles. The average Bonchev–Trinajstić information content (AvgIpc) is 3.13. The van der Waals surface area contributed by atoms with E-state index in [1.54, 1.807) is 18.4 Å². The van der Waals surface area contributed by atoms with E-state index in [9.17, 15) is 5.26 Å². The Bertz CT molecular complexity index is 807. The number of ether oxygens (including phenoxy) is 1. The van der Waals surface area contributed by atoms with Crippen LogP contribution in [0.4, 0.5) is 0 Å². The Morgan fingerprint density at radius 2 is 2.30 bits per heavy atom. The van der Waals surface area contributed by atoms with Crippen LogP contribution in [0.25, 0.3) is 22.6 Å². The van der Waals surface area contributed by atoms with Crippen LogP contribution in [0.15, 0.2) is 41.2 Å². The van der Waals surface area contributed by atoms with Crippen molar-refractivity contribution in [3.05, 3.63) is 52.3 Å². The highest BCUT2D eigenvalue weighted by Gasteiger charge is 2.09. The van der Waals surface area contributed by atoms with Gasteiger partial charge in [0.25, 0.3) is 0 Å². The monoisotopic (exact) mass is 280 g/mol. The van der Waals surface area contributed by atoms with Crippen molar-refractivity contribution in [3.63, 3.8) is 0 Å². The second-order valence-corrected chi connectivity index (χ2v) is 5.12. The van der Waals surface area contributed by atoms with Gasteiger partial charge >= 0.3 is 0 Å². The van der Waals surface area contributed by atoms with Gasteiger partial charge in [-0.05, 0) is 46.7 Å². The summed E-state index contributed by atoms with van der Waals surface area (Å²) in [4.78, 5) is 3.19. The van der Waals surface area contributed by atoms with Crippen LogP contribution in [0.2, 0.25) is 0 Å². The van der Waals surface area contributed by atoms with Crippen LogP contribution in [-0.2, 0) is 0 Å². The predicted molar refractivity (Wildman–Crippen MR) is 82.7 cm³/mol. The third kappa shape index (κ3) is 2.20. The lowest BCUT2D eigenvalue weighted by Crippen LogP contribution is -1.83. The molecule has 3 nitrogen and oxygen atoms in total. The zero-order valence-corrected chi connectivity index (χ0v) is 11.7. The zero-order chi connectivity index (χ0) is 13.9. The summed E-state index contributed by atoms with van der Waals surface area (Å²) in [6.45, 7) is 0. The van der Waals surface area contributed by atoms with Crippen molar-refractivity contribution in [1.82, 2.24) is 4.98 Å². The Balaban J connectivity index is 2.15. The average molecular weight is 280 g/mol. The van der Waals surface area contributed by atoms with Gasteiger partial charge in [0.1, 0.15) is 5.75 Å². The van der Waals surface area contributed by atoms with E-state index in [2.05, 4.69) is 11.1 Å². The summed E-state index contributed by atoms with van der Waals surface area (Å²) in [6.07, 6.45) is 3.77. The molecule has 0 spiro atoms. The highest BCUT2D eigenvalue weighted by atomic mass is 32.1. The van der Waals surface area contributed by atoms with Crippen LogP contribution in [0.3, 0.4) is 0 Å². The first-order valence-corrected chi connectivity index (χ1v) is 7.05. The third-order valence-corrected chi connectivity index (χ3v) is 3.86. The molecule has 0 fully saturated rings. The van der Waals surface area contributed by atoms with Crippen molar-refractivity contribution in [3.8, 4) is 11.8 Å². The summed E-state index contributed by atoms with van der Waals surface area (Å²) < 4.78 is 5.25. The minimum absolute atomic E-state index is 0.642. The molecule has 0 aliphatic rings. The molecule has 0 aliphatic carbocycles. The molecule has 98 valence electrons. The molecule has 1 aromatic carbocycles. The zero-order valence-electron chi connectivity index (χ0n) is 10.9. The molecule has 0 saturated carbocycles. The number of methoxy groups -OCH3 is 1. The van der Waals surface area contributed by atoms with E-state index >= 15 is 0 Å². The van der Waals surface area contributed by atoms with E-state index in [4.69, 9.17) is 4.74 Å². The Morgan fingerprint density at radius 3 is 3.00 bits per heavy atom. The summed E-state index contributed by atoms with van der Waals surface area (Å²) in [5.41, 5.74) is 3.58. The Labute approximate surface area is 120 Å². The lowest BCUT2D eigenvalue weighted by molar-refractivity contribution is 0.415. The van der Waals surface area contributed by atoms with Gasteiger partial charge in [0.05, 0.1) is 18.8 Å². The van der Waals surface area contributed by atoms with Gasteiger partial charge in [-0.2, -0.15) is 16.6 Å². The molecular weight excluding hydrogens is 268 g/mol. The molecule has 0 bridgehead atoms. The van der Waals surface area contributed by atoms with Crippen LogP contribution in [0.5, 0.6) is 5.75 Å². The lowest BCUT2D eigenvalue weighted by atomic mass is 10.0. The van der Waals surface area contributed by atoms with Crippen LogP contribution in [0.1, 0.15) is 11.1 Å². The first kappa shape index (κ1) is 12.5. The van der Waals surface area contributed by atoms with Gasteiger partial charge < -0.3 is 9.72 Å². The predicted octanol–water partition coefficient (Wildman–Crippen LogP) is 4.30. The highest BCUT2D eigenvalue weighted by Crippen LogP contribution is 2.29. The number of aromatic amines is 1. The number of nitrogens with one attached hydrogen (secondary N) is 1. The maximum atomic E-state index is 9.42. The number of hydrogen-bond donors (Lipinski definition) is 1. The van der Waals surface area contributed by atoms with Gasteiger partial charge in [0.2, 0.25) is 0 Å². The second kappa shape index (κ2) is 5.24. The van der Waals surface area contributed by atoms with Crippen LogP contribution in [0, 0.1) is 11.3 Å². The van der Waals surface area contributed by atoms with Crippen LogP contribution >= 0.6 is 11.3 Å². The van der Waals surface area contributed by atoms with E-state index in [0.29, 0.717) is 5.57 Å². The van der Waals surface area contributed by atoms with Crippen molar-refractivity contribution in [2.75, 3.05) is 7.11 Å².